The molecule has 1 rings (SSSR count). The van der Waals surface area contributed by atoms with Crippen molar-refractivity contribution < 1.29 is 19.7 Å². The molecule has 0 aliphatic carbocycles. The first-order valence-corrected chi connectivity index (χ1v) is 3.60. The number of nitrogens with zero attached hydrogens (tertiary/aromatic N) is 2. The molecule has 0 fully saturated rings. The van der Waals surface area contributed by atoms with Gasteiger partial charge in [0, 0.05) is 6.07 Å². The molecule has 1 aromatic carbocycles. The molecule has 0 spiro atoms. The van der Waals surface area contributed by atoms with Gasteiger partial charge in [-0.15, -0.1) is 0 Å². The molecule has 9 heteroatoms. The van der Waals surface area contributed by atoms with E-state index in [9.17, 15) is 25.0 Å². The molecule has 0 bridgehead atoms. The van der Waals surface area contributed by atoms with E-state index in [1.165, 1.54) is 0 Å². The predicted molar refractivity (Wildman–Crippen MR) is 53.9 cm³/mol. The molecule has 0 unspecified atom stereocenters. The number of nitro groups is 2. The molecule has 0 saturated carbocycles. The average Bonchev–Trinajstić information content (AvgIpc) is 2.16. The first-order chi connectivity index (χ1) is 6.95. The van der Waals surface area contributed by atoms with E-state index >= 15 is 0 Å². The molecule has 0 aliphatic heterocycles. The Morgan fingerprint density at radius 3 is 2.12 bits per heavy atom. The predicted octanol–water partition coefficient (Wildman–Crippen LogP) is 0.553. The maximum absolute atomic E-state index is 10.6. The van der Waals surface area contributed by atoms with E-state index in [0.717, 1.165) is 18.2 Å². The summed E-state index contributed by atoms with van der Waals surface area (Å²) in [5.41, 5.74) is -2.54. The normalized spacial score (nSPS) is 9.00. The van der Waals surface area contributed by atoms with Crippen LogP contribution in [0.3, 0.4) is 0 Å². The van der Waals surface area contributed by atoms with Crippen molar-refractivity contribution in [1.82, 2.24) is 0 Å². The summed E-state index contributed by atoms with van der Waals surface area (Å²) in [5, 5.41) is 29.5. The second-order valence-corrected chi connectivity index (χ2v) is 2.49. The van der Waals surface area contributed by atoms with Crippen LogP contribution in [0.1, 0.15) is 10.4 Å². The van der Waals surface area contributed by atoms with E-state index < -0.39 is 32.8 Å². The van der Waals surface area contributed by atoms with Crippen molar-refractivity contribution in [1.29, 1.82) is 0 Å². The fourth-order valence-electron chi connectivity index (χ4n) is 1.04. The fourth-order valence-corrected chi connectivity index (χ4v) is 1.04. The first-order valence-electron chi connectivity index (χ1n) is 3.60. The van der Waals surface area contributed by atoms with Crippen LogP contribution < -0.4 is 0 Å². The van der Waals surface area contributed by atoms with Gasteiger partial charge in [0.25, 0.3) is 0 Å². The Labute approximate surface area is 100 Å². The molecule has 80 valence electrons. The molecular weight excluding hydrogens is 215 g/mol. The van der Waals surface area contributed by atoms with Crippen LogP contribution in [0, 0.1) is 20.2 Å². The van der Waals surface area contributed by atoms with Gasteiger partial charge in [0.05, 0.1) is 9.85 Å². The second-order valence-electron chi connectivity index (χ2n) is 2.49. The van der Waals surface area contributed by atoms with Crippen molar-refractivity contribution in [2.45, 2.75) is 0 Å². The van der Waals surface area contributed by atoms with Crippen molar-refractivity contribution in [3.8, 4) is 0 Å². The van der Waals surface area contributed by atoms with Gasteiger partial charge in [0.15, 0.2) is 0 Å². The molecule has 8 nitrogen and oxygen atoms in total. The Morgan fingerprint density at radius 1 is 1.19 bits per heavy atom. The van der Waals surface area contributed by atoms with Gasteiger partial charge in [0.1, 0.15) is 5.56 Å². The molecule has 1 N–H and O–H groups in total. The van der Waals surface area contributed by atoms with Crippen molar-refractivity contribution in [3.63, 3.8) is 0 Å². The van der Waals surface area contributed by atoms with Crippen LogP contribution in [0.15, 0.2) is 18.2 Å². The zero-order valence-corrected chi connectivity index (χ0v) is 7.11. The molecule has 0 aliphatic rings. The van der Waals surface area contributed by atoms with E-state index in [1.807, 2.05) is 0 Å². The first kappa shape index (κ1) is 14.1. The molecule has 0 aromatic heterocycles. The second kappa shape index (κ2) is 5.25. The van der Waals surface area contributed by atoms with Crippen molar-refractivity contribution in [3.05, 3.63) is 44.0 Å². The summed E-state index contributed by atoms with van der Waals surface area (Å²) in [6.07, 6.45) is 0. The Balaban J connectivity index is 0.00000225. The topological polar surface area (TPSA) is 124 Å². The molecule has 0 saturated heterocycles. The van der Waals surface area contributed by atoms with E-state index in [2.05, 4.69) is 0 Å². The van der Waals surface area contributed by atoms with Crippen LogP contribution in [-0.4, -0.2) is 39.8 Å². The quantitative estimate of drug-likeness (QED) is 0.450. The third kappa shape index (κ3) is 2.56. The fraction of sp³-hybridized carbons (Fsp3) is 0. The number of aromatic carboxylic acids is 1. The van der Waals surface area contributed by atoms with Gasteiger partial charge in [-0.3, -0.25) is 20.2 Å². The number of hydrogen-bond donors (Lipinski definition) is 1. The number of carbonyl (C=O) groups is 1. The number of rotatable bonds is 3. The molecule has 0 amide bonds. The van der Waals surface area contributed by atoms with Crippen LogP contribution in [0.25, 0.3) is 0 Å². The zero-order valence-electron chi connectivity index (χ0n) is 7.11. The van der Waals surface area contributed by atoms with Crippen molar-refractivity contribution in [2.75, 3.05) is 0 Å². The van der Waals surface area contributed by atoms with Crippen LogP contribution in [0.5, 0.6) is 0 Å². The van der Waals surface area contributed by atoms with E-state index in [-0.39, 0.29) is 18.9 Å². The van der Waals surface area contributed by atoms with Crippen LogP contribution in [0.4, 0.5) is 11.4 Å². The summed E-state index contributed by atoms with van der Waals surface area (Å²) < 4.78 is 0. The standard InChI is InChI=1S/C7H4N2O6.Li.H/c10-7(11)4-2-1-3-5(8(12)13)6(4)9(14)15;;/h1-3H,(H,10,11);;. The molecule has 0 atom stereocenters. The van der Waals surface area contributed by atoms with Crippen LogP contribution in [0.2, 0.25) is 0 Å². The molecule has 0 heterocycles. The van der Waals surface area contributed by atoms with Crippen LogP contribution >= 0.6 is 0 Å². The Kier molecular flexibility index (Phi) is 4.62. The van der Waals surface area contributed by atoms with Gasteiger partial charge in [-0.1, -0.05) is 6.07 Å². The van der Waals surface area contributed by atoms with Gasteiger partial charge in [-0.2, -0.15) is 0 Å². The summed E-state index contributed by atoms with van der Waals surface area (Å²) in [7, 11) is 0. The number of para-hydroxylation sites is 1. The van der Waals surface area contributed by atoms with E-state index in [0.29, 0.717) is 0 Å². The maximum atomic E-state index is 10.6. The number of benzene rings is 1. The number of nitro benzene ring substituents is 2. The molecule has 1 aromatic rings. The Bertz CT molecular complexity index is 428. The zero-order chi connectivity index (χ0) is 11.6. The minimum atomic E-state index is -1.58. The van der Waals surface area contributed by atoms with Gasteiger partial charge in [0.2, 0.25) is 0 Å². The number of carboxylic acid groups (broad SMARTS) is 1. The van der Waals surface area contributed by atoms with Crippen LogP contribution in [-0.2, 0) is 0 Å². The number of carboxylic acids is 1. The SMILES string of the molecule is O=C(O)c1cccc([N+](=O)[O-])c1[N+](=O)[O-].[LiH]. The summed E-state index contributed by atoms with van der Waals surface area (Å²) in [6.45, 7) is 0. The Hall–Kier alpha value is -1.91. The monoisotopic (exact) mass is 220 g/mol. The third-order valence-electron chi connectivity index (χ3n) is 1.62. The Morgan fingerprint density at radius 2 is 1.75 bits per heavy atom. The van der Waals surface area contributed by atoms with E-state index in [1.54, 1.807) is 0 Å². The minimum absolute atomic E-state index is 0. The van der Waals surface area contributed by atoms with Gasteiger partial charge < -0.3 is 5.11 Å². The van der Waals surface area contributed by atoms with Crippen molar-refractivity contribution in [2.24, 2.45) is 0 Å². The third-order valence-corrected chi connectivity index (χ3v) is 1.62. The van der Waals surface area contributed by atoms with Gasteiger partial charge in [-0.05, 0) is 6.07 Å². The molecule has 0 radical (unpaired) electrons. The van der Waals surface area contributed by atoms with Crippen molar-refractivity contribution >= 4 is 36.2 Å². The average molecular weight is 220 g/mol. The summed E-state index contributed by atoms with van der Waals surface area (Å²) in [4.78, 5) is 29.4. The van der Waals surface area contributed by atoms with Gasteiger partial charge >= 0.3 is 36.2 Å². The summed E-state index contributed by atoms with van der Waals surface area (Å²) in [6, 6.07) is 2.90. The van der Waals surface area contributed by atoms with Gasteiger partial charge in [-0.25, -0.2) is 4.79 Å². The molecular formula is C7H5LiN2O6. The van der Waals surface area contributed by atoms with E-state index in [4.69, 9.17) is 5.11 Å². The number of hydrogen-bond acceptors (Lipinski definition) is 5. The molecule has 16 heavy (non-hydrogen) atoms. The summed E-state index contributed by atoms with van der Waals surface area (Å²) >= 11 is 0. The summed E-state index contributed by atoms with van der Waals surface area (Å²) in [5.74, 6) is -1.58.